The van der Waals surface area contributed by atoms with Gasteiger partial charge in [0.2, 0.25) is 5.91 Å². The average molecular weight is 412 g/mol. The first kappa shape index (κ1) is 19.7. The first-order valence-electron chi connectivity index (χ1n) is 9.98. The highest BCUT2D eigenvalue weighted by molar-refractivity contribution is 7.91. The van der Waals surface area contributed by atoms with Crippen molar-refractivity contribution >= 4 is 26.7 Å². The molecule has 0 unspecified atom stereocenters. The Kier molecular flexibility index (Phi) is 5.46. The van der Waals surface area contributed by atoms with Gasteiger partial charge in [0.15, 0.2) is 9.84 Å². The highest BCUT2D eigenvalue weighted by Gasteiger charge is 2.34. The van der Waals surface area contributed by atoms with Crippen molar-refractivity contribution < 1.29 is 17.6 Å². The number of carbonyl (C=O) groups excluding carboxylic acids is 1. The van der Waals surface area contributed by atoms with Gasteiger partial charge in [-0.05, 0) is 36.1 Å². The molecule has 1 saturated heterocycles. The van der Waals surface area contributed by atoms with Crippen molar-refractivity contribution in [3.63, 3.8) is 0 Å². The van der Waals surface area contributed by atoms with E-state index >= 15 is 0 Å². The van der Waals surface area contributed by atoms with Crippen molar-refractivity contribution in [2.75, 3.05) is 11.5 Å². The Morgan fingerprint density at radius 3 is 2.62 bits per heavy atom. The van der Waals surface area contributed by atoms with Gasteiger partial charge in [-0.3, -0.25) is 4.79 Å². The summed E-state index contributed by atoms with van der Waals surface area (Å²) in [6.07, 6.45) is 3.25. The summed E-state index contributed by atoms with van der Waals surface area (Å²) in [6, 6.07) is 15.5. The summed E-state index contributed by atoms with van der Waals surface area (Å²) in [7, 11) is -3.08. The van der Waals surface area contributed by atoms with Gasteiger partial charge in [0.05, 0.1) is 24.2 Å². The van der Waals surface area contributed by atoms with Crippen LogP contribution in [0.1, 0.15) is 30.0 Å². The Balaban J connectivity index is 1.61. The van der Waals surface area contributed by atoms with Crippen LogP contribution in [0, 0.1) is 0 Å². The van der Waals surface area contributed by atoms with E-state index in [1.54, 1.807) is 11.2 Å². The molecule has 0 spiro atoms. The molecule has 0 radical (unpaired) electrons. The van der Waals surface area contributed by atoms with Crippen molar-refractivity contribution in [2.45, 2.75) is 38.8 Å². The van der Waals surface area contributed by atoms with Gasteiger partial charge in [-0.25, -0.2) is 8.42 Å². The Morgan fingerprint density at radius 2 is 1.93 bits per heavy atom. The molecule has 5 nitrogen and oxygen atoms in total. The van der Waals surface area contributed by atoms with Gasteiger partial charge in [-0.2, -0.15) is 0 Å². The molecule has 1 atom stereocenters. The van der Waals surface area contributed by atoms with Crippen LogP contribution in [0.3, 0.4) is 0 Å². The summed E-state index contributed by atoms with van der Waals surface area (Å²) in [5.74, 6) is 0.114. The normalized spacial score (nSPS) is 18.2. The maximum Gasteiger partial charge on any atom is 0.227 e. The van der Waals surface area contributed by atoms with Gasteiger partial charge < -0.3 is 9.32 Å². The number of amides is 1. The molecule has 2 heterocycles. The maximum absolute atomic E-state index is 13.3. The fourth-order valence-corrected chi connectivity index (χ4v) is 5.70. The van der Waals surface area contributed by atoms with E-state index in [1.807, 2.05) is 42.5 Å². The van der Waals surface area contributed by atoms with Gasteiger partial charge in [-0.1, -0.05) is 43.3 Å². The lowest BCUT2D eigenvalue weighted by Crippen LogP contribution is -2.41. The second kappa shape index (κ2) is 8.03. The molecular formula is C23H25NO4S. The van der Waals surface area contributed by atoms with E-state index in [2.05, 4.69) is 13.0 Å². The lowest BCUT2D eigenvalue weighted by atomic mass is 10.0. The monoisotopic (exact) mass is 411 g/mol. The van der Waals surface area contributed by atoms with Gasteiger partial charge in [0, 0.05) is 23.5 Å². The largest absolute Gasteiger partial charge is 0.464 e. The van der Waals surface area contributed by atoms with Gasteiger partial charge in [0.25, 0.3) is 0 Å². The summed E-state index contributed by atoms with van der Waals surface area (Å²) in [5, 5.41) is 0.955. The lowest BCUT2D eigenvalue weighted by molar-refractivity contribution is -0.133. The number of hydrogen-bond donors (Lipinski definition) is 0. The molecule has 152 valence electrons. The van der Waals surface area contributed by atoms with Crippen LogP contribution in [0.2, 0.25) is 0 Å². The van der Waals surface area contributed by atoms with Crippen molar-refractivity contribution in [2.24, 2.45) is 0 Å². The van der Waals surface area contributed by atoms with E-state index in [9.17, 15) is 13.2 Å². The van der Waals surface area contributed by atoms with Crippen LogP contribution in [0.25, 0.3) is 11.0 Å². The number of benzene rings is 2. The van der Waals surface area contributed by atoms with Crippen molar-refractivity contribution in [1.82, 2.24) is 4.90 Å². The summed E-state index contributed by atoms with van der Waals surface area (Å²) < 4.78 is 29.7. The molecule has 0 saturated carbocycles. The molecule has 4 rings (SSSR count). The number of nitrogens with zero attached hydrogens (tertiary/aromatic N) is 1. The summed E-state index contributed by atoms with van der Waals surface area (Å²) in [6.45, 7) is 2.50. The van der Waals surface area contributed by atoms with Gasteiger partial charge in [-0.15, -0.1) is 0 Å². The van der Waals surface area contributed by atoms with E-state index in [-0.39, 0.29) is 29.9 Å². The Labute approximate surface area is 171 Å². The van der Waals surface area contributed by atoms with Crippen LogP contribution in [0.5, 0.6) is 0 Å². The second-order valence-corrected chi connectivity index (χ2v) is 9.91. The molecule has 1 amide bonds. The van der Waals surface area contributed by atoms with Gasteiger partial charge >= 0.3 is 0 Å². The molecule has 3 aromatic rings. The highest BCUT2D eigenvalue weighted by atomic mass is 32.2. The average Bonchev–Trinajstić information content (AvgIpc) is 3.29. The third-order valence-corrected chi connectivity index (χ3v) is 7.38. The first-order chi connectivity index (χ1) is 13.9. The fourth-order valence-electron chi connectivity index (χ4n) is 3.97. The van der Waals surface area contributed by atoms with Crippen LogP contribution in [-0.2, 0) is 34.0 Å². The van der Waals surface area contributed by atoms with Crippen LogP contribution < -0.4 is 0 Å². The number of rotatable bonds is 6. The quantitative estimate of drug-likeness (QED) is 0.619. The molecular weight excluding hydrogens is 386 g/mol. The summed E-state index contributed by atoms with van der Waals surface area (Å²) >= 11 is 0. The molecule has 29 heavy (non-hydrogen) atoms. The molecule has 0 bridgehead atoms. The lowest BCUT2D eigenvalue weighted by Gasteiger charge is -2.28. The minimum absolute atomic E-state index is 0.0394. The molecule has 1 aliphatic heterocycles. The molecule has 1 aromatic heterocycles. The predicted octanol–water partition coefficient (Wildman–Crippen LogP) is 3.75. The molecule has 6 heteroatoms. The van der Waals surface area contributed by atoms with Crippen LogP contribution in [-0.4, -0.2) is 36.8 Å². The summed E-state index contributed by atoms with van der Waals surface area (Å²) in [4.78, 5) is 15.0. The highest BCUT2D eigenvalue weighted by Crippen LogP contribution is 2.26. The predicted molar refractivity (Wildman–Crippen MR) is 113 cm³/mol. The number of carbonyl (C=O) groups is 1. The first-order valence-corrected chi connectivity index (χ1v) is 11.8. The van der Waals surface area contributed by atoms with E-state index in [0.717, 1.165) is 28.5 Å². The Morgan fingerprint density at radius 1 is 1.14 bits per heavy atom. The fraction of sp³-hybridized carbons (Fsp3) is 0.348. The molecule has 2 aromatic carbocycles. The molecule has 0 aliphatic carbocycles. The molecule has 0 N–H and O–H groups in total. The van der Waals surface area contributed by atoms with Crippen molar-refractivity contribution in [3.05, 3.63) is 71.5 Å². The molecule has 1 aliphatic rings. The van der Waals surface area contributed by atoms with Crippen LogP contribution in [0.4, 0.5) is 0 Å². The number of fused-ring (bicyclic) bond motifs is 1. The number of furan rings is 1. The van der Waals surface area contributed by atoms with Crippen molar-refractivity contribution in [3.8, 4) is 0 Å². The zero-order chi connectivity index (χ0) is 20.4. The standard InChI is InChI=1S/C23H25NO4S/c1-2-17-8-9-22-21(12-17)19(15-28-22)13-23(25)24(14-18-6-4-3-5-7-18)20-10-11-29(26,27)16-20/h3-9,12,15,20H,2,10-11,13-14,16H2,1H3/t20-/m0/s1. The zero-order valence-electron chi connectivity index (χ0n) is 16.5. The minimum atomic E-state index is -3.08. The number of hydrogen-bond acceptors (Lipinski definition) is 4. The minimum Gasteiger partial charge on any atom is -0.464 e. The Bertz CT molecular complexity index is 1120. The molecule has 1 fully saturated rings. The number of sulfone groups is 1. The maximum atomic E-state index is 13.3. The van der Waals surface area contributed by atoms with E-state index < -0.39 is 9.84 Å². The SMILES string of the molecule is CCc1ccc2occ(CC(=O)N(Cc3ccccc3)[C@H]3CCS(=O)(=O)C3)c2c1. The summed E-state index contributed by atoms with van der Waals surface area (Å²) in [5.41, 5.74) is 3.80. The smallest absolute Gasteiger partial charge is 0.227 e. The second-order valence-electron chi connectivity index (χ2n) is 7.69. The third-order valence-electron chi connectivity index (χ3n) is 5.63. The van der Waals surface area contributed by atoms with E-state index in [0.29, 0.717) is 13.0 Å². The number of aryl methyl sites for hydroxylation is 1. The zero-order valence-corrected chi connectivity index (χ0v) is 17.3. The Hall–Kier alpha value is -2.60. The van der Waals surface area contributed by atoms with E-state index in [1.165, 1.54) is 5.56 Å². The topological polar surface area (TPSA) is 67.6 Å². The van der Waals surface area contributed by atoms with Crippen LogP contribution in [0.15, 0.2) is 59.2 Å². The van der Waals surface area contributed by atoms with Crippen molar-refractivity contribution in [1.29, 1.82) is 0 Å². The van der Waals surface area contributed by atoms with Crippen LogP contribution >= 0.6 is 0 Å². The van der Waals surface area contributed by atoms with E-state index in [4.69, 9.17) is 4.42 Å². The third kappa shape index (κ3) is 4.37. The van der Waals surface area contributed by atoms with Gasteiger partial charge in [0.1, 0.15) is 5.58 Å².